The summed E-state index contributed by atoms with van der Waals surface area (Å²) in [6, 6.07) is 0. The molecular weight excluding hydrogens is 154 g/mol. The molecule has 70 valence electrons. The van der Waals surface area contributed by atoms with E-state index >= 15 is 0 Å². The average Bonchev–Trinajstić information content (AvgIpc) is 2.04. The first-order valence-corrected chi connectivity index (χ1v) is 4.51. The smallest absolute Gasteiger partial charge is 0.164 e. The van der Waals surface area contributed by atoms with E-state index in [0.717, 1.165) is 25.9 Å². The maximum Gasteiger partial charge on any atom is 0.164 e. The zero-order chi connectivity index (χ0) is 9.14. The van der Waals surface area contributed by atoms with Crippen molar-refractivity contribution in [3.8, 4) is 0 Å². The molecule has 1 atom stereocenters. The summed E-state index contributed by atoms with van der Waals surface area (Å²) in [6.45, 7) is 3.51. The molecule has 1 fully saturated rings. The van der Waals surface area contributed by atoms with Crippen molar-refractivity contribution in [2.24, 2.45) is 5.92 Å². The Morgan fingerprint density at radius 1 is 1.50 bits per heavy atom. The van der Waals surface area contributed by atoms with Gasteiger partial charge in [0.15, 0.2) is 5.78 Å². The van der Waals surface area contributed by atoms with Crippen LogP contribution in [0, 0.1) is 5.92 Å². The molecule has 0 amide bonds. The number of aliphatic hydroxyl groups is 1. The Kier molecular flexibility index (Phi) is 3.23. The van der Waals surface area contributed by atoms with Crippen molar-refractivity contribution in [2.75, 3.05) is 20.1 Å². The van der Waals surface area contributed by atoms with Gasteiger partial charge < -0.3 is 10.0 Å². The third kappa shape index (κ3) is 2.29. The summed E-state index contributed by atoms with van der Waals surface area (Å²) in [5, 5.41) is 9.08. The second-order valence-corrected chi connectivity index (χ2v) is 3.66. The van der Waals surface area contributed by atoms with Crippen molar-refractivity contribution in [1.29, 1.82) is 0 Å². The number of carbonyl (C=O) groups excluding carboxylic acids is 1. The standard InChI is InChI=1S/C9H17NO2/c1-7(11)9(12)8-3-5-10(2)6-4-8/h7-8,11H,3-6H2,1-2H3. The van der Waals surface area contributed by atoms with Crippen LogP contribution in [0.25, 0.3) is 0 Å². The monoisotopic (exact) mass is 171 g/mol. The molecule has 0 saturated carbocycles. The minimum atomic E-state index is -0.779. The summed E-state index contributed by atoms with van der Waals surface area (Å²) in [6.07, 6.45) is 1.03. The fourth-order valence-corrected chi connectivity index (χ4v) is 1.63. The molecule has 1 saturated heterocycles. The Labute approximate surface area is 73.4 Å². The van der Waals surface area contributed by atoms with E-state index in [1.54, 1.807) is 6.92 Å². The van der Waals surface area contributed by atoms with Gasteiger partial charge in [-0.3, -0.25) is 4.79 Å². The van der Waals surface area contributed by atoms with Crippen molar-refractivity contribution < 1.29 is 9.90 Å². The zero-order valence-electron chi connectivity index (χ0n) is 7.79. The molecule has 1 rings (SSSR count). The molecule has 1 unspecified atom stereocenters. The van der Waals surface area contributed by atoms with E-state index in [2.05, 4.69) is 11.9 Å². The Hall–Kier alpha value is -0.410. The molecule has 0 aliphatic carbocycles. The normalized spacial score (nSPS) is 23.9. The highest BCUT2D eigenvalue weighted by Crippen LogP contribution is 2.17. The number of carbonyl (C=O) groups is 1. The topological polar surface area (TPSA) is 40.5 Å². The fraction of sp³-hybridized carbons (Fsp3) is 0.889. The Bertz CT molecular complexity index is 160. The second kappa shape index (κ2) is 4.01. The van der Waals surface area contributed by atoms with Gasteiger partial charge in [0.2, 0.25) is 0 Å². The highest BCUT2D eigenvalue weighted by molar-refractivity contribution is 5.84. The van der Waals surface area contributed by atoms with Crippen LogP contribution in [0.15, 0.2) is 0 Å². The van der Waals surface area contributed by atoms with Crippen LogP contribution in [-0.4, -0.2) is 42.0 Å². The molecule has 1 aliphatic rings. The van der Waals surface area contributed by atoms with Crippen molar-refractivity contribution in [1.82, 2.24) is 4.90 Å². The van der Waals surface area contributed by atoms with E-state index in [1.165, 1.54) is 0 Å². The van der Waals surface area contributed by atoms with Gasteiger partial charge in [0.1, 0.15) is 6.10 Å². The summed E-state index contributed by atoms with van der Waals surface area (Å²) >= 11 is 0. The summed E-state index contributed by atoms with van der Waals surface area (Å²) in [4.78, 5) is 13.6. The van der Waals surface area contributed by atoms with Crippen LogP contribution in [0.5, 0.6) is 0 Å². The second-order valence-electron chi connectivity index (χ2n) is 3.66. The Balaban J connectivity index is 2.39. The number of likely N-dealkylation sites (tertiary alicyclic amines) is 1. The van der Waals surface area contributed by atoms with Gasteiger partial charge in [-0.1, -0.05) is 0 Å². The molecule has 0 aromatic rings. The highest BCUT2D eigenvalue weighted by atomic mass is 16.3. The van der Waals surface area contributed by atoms with Gasteiger partial charge in [0, 0.05) is 5.92 Å². The molecule has 0 bridgehead atoms. The Morgan fingerprint density at radius 2 is 2.00 bits per heavy atom. The van der Waals surface area contributed by atoms with Crippen molar-refractivity contribution in [3.05, 3.63) is 0 Å². The molecule has 1 N–H and O–H groups in total. The molecule has 3 heteroatoms. The lowest BCUT2D eigenvalue weighted by molar-refractivity contribution is -0.131. The lowest BCUT2D eigenvalue weighted by Gasteiger charge is -2.28. The molecule has 1 aliphatic heterocycles. The molecule has 12 heavy (non-hydrogen) atoms. The van der Waals surface area contributed by atoms with Gasteiger partial charge >= 0.3 is 0 Å². The summed E-state index contributed by atoms with van der Waals surface area (Å²) in [5.41, 5.74) is 0. The zero-order valence-corrected chi connectivity index (χ0v) is 7.79. The summed E-state index contributed by atoms with van der Waals surface area (Å²) in [5.74, 6) is 0.115. The number of nitrogens with zero attached hydrogens (tertiary/aromatic N) is 1. The van der Waals surface area contributed by atoms with Gasteiger partial charge in [-0.05, 0) is 39.9 Å². The lowest BCUT2D eigenvalue weighted by Crippen LogP contribution is -2.36. The van der Waals surface area contributed by atoms with Gasteiger partial charge in [0.05, 0.1) is 0 Å². The van der Waals surface area contributed by atoms with E-state index in [1.807, 2.05) is 0 Å². The number of Topliss-reactive ketones (excluding diaryl/α,β-unsaturated/α-hetero) is 1. The molecular formula is C9H17NO2. The third-order valence-corrected chi connectivity index (χ3v) is 2.53. The summed E-state index contributed by atoms with van der Waals surface area (Å²) < 4.78 is 0. The van der Waals surface area contributed by atoms with E-state index in [9.17, 15) is 4.79 Å². The SMILES string of the molecule is CC(O)C(=O)C1CCN(C)CC1. The van der Waals surface area contributed by atoms with Crippen LogP contribution in [0.3, 0.4) is 0 Å². The third-order valence-electron chi connectivity index (χ3n) is 2.53. The van der Waals surface area contributed by atoms with Crippen LogP contribution >= 0.6 is 0 Å². The molecule has 0 aromatic heterocycles. The van der Waals surface area contributed by atoms with Crippen LogP contribution in [0.4, 0.5) is 0 Å². The maximum atomic E-state index is 11.3. The molecule has 0 spiro atoms. The van der Waals surface area contributed by atoms with Crippen molar-refractivity contribution in [2.45, 2.75) is 25.9 Å². The predicted molar refractivity (Wildman–Crippen MR) is 46.9 cm³/mol. The van der Waals surface area contributed by atoms with Gasteiger partial charge in [-0.2, -0.15) is 0 Å². The van der Waals surface area contributed by atoms with Crippen molar-refractivity contribution >= 4 is 5.78 Å². The molecule has 0 radical (unpaired) electrons. The van der Waals surface area contributed by atoms with Crippen LogP contribution in [-0.2, 0) is 4.79 Å². The fourth-order valence-electron chi connectivity index (χ4n) is 1.63. The summed E-state index contributed by atoms with van der Waals surface area (Å²) in [7, 11) is 2.06. The average molecular weight is 171 g/mol. The first-order valence-electron chi connectivity index (χ1n) is 4.51. The van der Waals surface area contributed by atoms with Crippen LogP contribution < -0.4 is 0 Å². The first kappa shape index (κ1) is 9.68. The molecule has 3 nitrogen and oxygen atoms in total. The minimum Gasteiger partial charge on any atom is -0.386 e. The largest absolute Gasteiger partial charge is 0.386 e. The van der Waals surface area contributed by atoms with Crippen LogP contribution in [0.1, 0.15) is 19.8 Å². The highest BCUT2D eigenvalue weighted by Gasteiger charge is 2.25. The number of hydrogen-bond acceptors (Lipinski definition) is 3. The van der Waals surface area contributed by atoms with E-state index in [-0.39, 0.29) is 11.7 Å². The van der Waals surface area contributed by atoms with E-state index in [0.29, 0.717) is 0 Å². The Morgan fingerprint density at radius 3 is 2.42 bits per heavy atom. The molecule has 0 aromatic carbocycles. The number of aliphatic hydroxyl groups excluding tert-OH is 1. The number of piperidine rings is 1. The predicted octanol–water partition coefficient (Wildman–Crippen LogP) is 0.278. The molecule has 1 heterocycles. The van der Waals surface area contributed by atoms with E-state index in [4.69, 9.17) is 5.11 Å². The van der Waals surface area contributed by atoms with Crippen molar-refractivity contribution in [3.63, 3.8) is 0 Å². The van der Waals surface area contributed by atoms with Gasteiger partial charge in [-0.25, -0.2) is 0 Å². The number of rotatable bonds is 2. The number of ketones is 1. The lowest BCUT2D eigenvalue weighted by atomic mass is 9.90. The quantitative estimate of drug-likeness (QED) is 0.648. The number of hydrogen-bond donors (Lipinski definition) is 1. The minimum absolute atomic E-state index is 0.0168. The van der Waals surface area contributed by atoms with Gasteiger partial charge in [-0.15, -0.1) is 0 Å². The first-order chi connectivity index (χ1) is 5.61. The van der Waals surface area contributed by atoms with Gasteiger partial charge in [0.25, 0.3) is 0 Å². The van der Waals surface area contributed by atoms with Crippen LogP contribution in [0.2, 0.25) is 0 Å². The van der Waals surface area contributed by atoms with E-state index < -0.39 is 6.10 Å². The maximum absolute atomic E-state index is 11.3.